The summed E-state index contributed by atoms with van der Waals surface area (Å²) in [5.41, 5.74) is 0.466. The number of aromatic nitrogens is 1. The van der Waals surface area contributed by atoms with Crippen LogP contribution >= 0.6 is 0 Å². The molecule has 1 fully saturated rings. The fourth-order valence-corrected chi connectivity index (χ4v) is 3.34. The number of nitriles is 1. The number of hydrogen-bond acceptors (Lipinski definition) is 5. The van der Waals surface area contributed by atoms with E-state index in [1.54, 1.807) is 12.1 Å². The molecule has 1 saturated heterocycles. The molecule has 0 spiro atoms. The fraction of sp³-hybridized carbons (Fsp3) is 0.500. The van der Waals surface area contributed by atoms with Crippen molar-refractivity contribution in [1.82, 2.24) is 9.29 Å². The summed E-state index contributed by atoms with van der Waals surface area (Å²) in [4.78, 5) is 3.98. The van der Waals surface area contributed by atoms with Crippen LogP contribution in [-0.4, -0.2) is 42.7 Å². The van der Waals surface area contributed by atoms with Crippen LogP contribution in [0.3, 0.4) is 0 Å². The molecule has 7 heteroatoms. The minimum absolute atomic E-state index is 0.160. The highest BCUT2D eigenvalue weighted by molar-refractivity contribution is 7.89. The highest BCUT2D eigenvalue weighted by Crippen LogP contribution is 2.19. The van der Waals surface area contributed by atoms with E-state index in [-0.39, 0.29) is 11.9 Å². The van der Waals surface area contributed by atoms with E-state index < -0.39 is 10.0 Å². The molecule has 0 aliphatic carbocycles. The Morgan fingerprint density at radius 1 is 1.53 bits per heavy atom. The average Bonchev–Trinajstić information content (AvgIpc) is 2.33. The second-order valence-corrected chi connectivity index (χ2v) is 6.46. The van der Waals surface area contributed by atoms with E-state index in [4.69, 9.17) is 10.00 Å². The predicted molar refractivity (Wildman–Crippen MR) is 69.0 cm³/mol. The number of nitrogens with zero attached hydrogens (tertiary/aromatic N) is 3. The summed E-state index contributed by atoms with van der Waals surface area (Å²) in [7, 11) is -3.12. The van der Waals surface area contributed by atoms with Crippen LogP contribution < -0.4 is 4.74 Å². The number of ether oxygens (including phenoxy) is 1. The molecule has 0 N–H and O–H groups in total. The summed E-state index contributed by atoms with van der Waals surface area (Å²) in [5, 5.41) is 8.64. The molecule has 19 heavy (non-hydrogen) atoms. The lowest BCUT2D eigenvalue weighted by Crippen LogP contribution is -2.56. The largest absolute Gasteiger partial charge is 0.472 e. The monoisotopic (exact) mass is 281 g/mol. The maximum absolute atomic E-state index is 11.7. The molecule has 0 radical (unpaired) electrons. The van der Waals surface area contributed by atoms with Gasteiger partial charge in [-0.15, -0.1) is 0 Å². The van der Waals surface area contributed by atoms with Crippen molar-refractivity contribution >= 4 is 10.0 Å². The Balaban J connectivity index is 1.86. The quantitative estimate of drug-likeness (QED) is 0.795. The molecule has 1 aromatic rings. The standard InChI is InChI=1S/C12H15N3O3S/c1-2-5-19(16,17)15-8-11(9-15)18-12-4-3-10(6-13)7-14-12/h3-4,7,11H,2,5,8-9H2,1H3. The topological polar surface area (TPSA) is 83.3 Å². The Morgan fingerprint density at radius 2 is 2.26 bits per heavy atom. The van der Waals surface area contributed by atoms with Crippen LogP contribution in [0, 0.1) is 11.3 Å². The third kappa shape index (κ3) is 3.22. The van der Waals surface area contributed by atoms with Gasteiger partial charge in [-0.25, -0.2) is 13.4 Å². The zero-order chi connectivity index (χ0) is 13.9. The first kappa shape index (κ1) is 13.8. The smallest absolute Gasteiger partial charge is 0.214 e. The van der Waals surface area contributed by atoms with Gasteiger partial charge in [-0.1, -0.05) is 6.92 Å². The molecule has 1 aromatic heterocycles. The Labute approximate surface area is 112 Å². The van der Waals surface area contributed by atoms with Gasteiger partial charge >= 0.3 is 0 Å². The van der Waals surface area contributed by atoms with Gasteiger partial charge in [0.1, 0.15) is 12.2 Å². The molecule has 0 amide bonds. The number of pyridine rings is 1. The van der Waals surface area contributed by atoms with Crippen molar-refractivity contribution in [3.8, 4) is 11.9 Å². The van der Waals surface area contributed by atoms with E-state index in [1.807, 2.05) is 13.0 Å². The van der Waals surface area contributed by atoms with Crippen molar-refractivity contribution in [2.45, 2.75) is 19.4 Å². The summed E-state index contributed by atoms with van der Waals surface area (Å²) in [6.45, 7) is 2.57. The Kier molecular flexibility index (Phi) is 4.02. The Hall–Kier alpha value is -1.65. The van der Waals surface area contributed by atoms with Gasteiger partial charge in [0.2, 0.25) is 15.9 Å². The van der Waals surface area contributed by atoms with Crippen molar-refractivity contribution in [2.75, 3.05) is 18.8 Å². The molecular weight excluding hydrogens is 266 g/mol. The van der Waals surface area contributed by atoms with E-state index in [0.29, 0.717) is 31.0 Å². The van der Waals surface area contributed by atoms with Crippen LogP contribution in [0.5, 0.6) is 5.88 Å². The van der Waals surface area contributed by atoms with E-state index in [9.17, 15) is 8.42 Å². The van der Waals surface area contributed by atoms with Crippen LogP contribution in [0.25, 0.3) is 0 Å². The van der Waals surface area contributed by atoms with Gasteiger partial charge in [0, 0.05) is 12.3 Å². The molecular formula is C12H15N3O3S. The van der Waals surface area contributed by atoms with Gasteiger partial charge in [0.05, 0.1) is 24.4 Å². The third-order valence-corrected chi connectivity index (χ3v) is 4.83. The van der Waals surface area contributed by atoms with Crippen LogP contribution in [0.15, 0.2) is 18.3 Å². The molecule has 2 heterocycles. The van der Waals surface area contributed by atoms with E-state index >= 15 is 0 Å². The fourth-order valence-electron chi connectivity index (χ4n) is 1.78. The summed E-state index contributed by atoms with van der Waals surface area (Å²) in [5.74, 6) is 0.589. The molecule has 0 unspecified atom stereocenters. The van der Waals surface area contributed by atoms with E-state index in [1.165, 1.54) is 10.5 Å². The Bertz CT molecular complexity index is 571. The maximum atomic E-state index is 11.7. The van der Waals surface area contributed by atoms with Crippen molar-refractivity contribution in [3.05, 3.63) is 23.9 Å². The summed E-state index contributed by atoms with van der Waals surface area (Å²) in [6.07, 6.45) is 1.88. The second kappa shape index (κ2) is 5.55. The zero-order valence-electron chi connectivity index (χ0n) is 10.6. The molecule has 6 nitrogen and oxygen atoms in total. The van der Waals surface area contributed by atoms with Gasteiger partial charge < -0.3 is 4.74 Å². The minimum Gasteiger partial charge on any atom is -0.472 e. The van der Waals surface area contributed by atoms with Crippen LogP contribution in [0.1, 0.15) is 18.9 Å². The molecule has 0 atom stereocenters. The zero-order valence-corrected chi connectivity index (χ0v) is 11.4. The number of sulfonamides is 1. The molecule has 1 aliphatic rings. The van der Waals surface area contributed by atoms with Gasteiger partial charge in [-0.2, -0.15) is 9.57 Å². The maximum Gasteiger partial charge on any atom is 0.214 e. The van der Waals surface area contributed by atoms with Gasteiger partial charge in [0.25, 0.3) is 0 Å². The van der Waals surface area contributed by atoms with Gasteiger partial charge in [-0.3, -0.25) is 0 Å². The molecule has 0 bridgehead atoms. The second-order valence-electron chi connectivity index (χ2n) is 4.37. The first-order chi connectivity index (χ1) is 9.05. The summed E-state index contributed by atoms with van der Waals surface area (Å²) < 4.78 is 30.4. The lowest BCUT2D eigenvalue weighted by atomic mass is 10.2. The van der Waals surface area contributed by atoms with E-state index in [0.717, 1.165) is 0 Å². The normalized spacial score (nSPS) is 16.6. The third-order valence-electron chi connectivity index (χ3n) is 2.82. The highest BCUT2D eigenvalue weighted by Gasteiger charge is 2.36. The SMILES string of the molecule is CCCS(=O)(=O)N1CC(Oc2ccc(C#N)cn2)C1. The lowest BCUT2D eigenvalue weighted by Gasteiger charge is -2.37. The number of rotatable bonds is 5. The average molecular weight is 281 g/mol. The van der Waals surface area contributed by atoms with Gasteiger partial charge in [0.15, 0.2) is 0 Å². The first-order valence-corrected chi connectivity index (χ1v) is 7.66. The van der Waals surface area contributed by atoms with E-state index in [2.05, 4.69) is 4.98 Å². The molecule has 102 valence electrons. The molecule has 0 aromatic carbocycles. The molecule has 2 rings (SSSR count). The van der Waals surface area contributed by atoms with Crippen LogP contribution in [-0.2, 0) is 10.0 Å². The molecule has 1 aliphatic heterocycles. The minimum atomic E-state index is -3.12. The summed E-state index contributed by atoms with van der Waals surface area (Å²) >= 11 is 0. The van der Waals surface area contributed by atoms with Crippen molar-refractivity contribution in [3.63, 3.8) is 0 Å². The Morgan fingerprint density at radius 3 is 2.79 bits per heavy atom. The molecule has 0 saturated carbocycles. The van der Waals surface area contributed by atoms with Crippen molar-refractivity contribution in [1.29, 1.82) is 5.26 Å². The summed E-state index contributed by atoms with van der Waals surface area (Å²) in [6, 6.07) is 5.20. The van der Waals surface area contributed by atoms with Crippen LogP contribution in [0.2, 0.25) is 0 Å². The number of hydrogen-bond donors (Lipinski definition) is 0. The lowest BCUT2D eigenvalue weighted by molar-refractivity contribution is 0.0721. The highest BCUT2D eigenvalue weighted by atomic mass is 32.2. The van der Waals surface area contributed by atoms with Crippen molar-refractivity contribution < 1.29 is 13.2 Å². The first-order valence-electron chi connectivity index (χ1n) is 6.06. The van der Waals surface area contributed by atoms with Crippen molar-refractivity contribution in [2.24, 2.45) is 0 Å². The van der Waals surface area contributed by atoms with Gasteiger partial charge in [-0.05, 0) is 12.5 Å². The predicted octanol–water partition coefficient (Wildman–Crippen LogP) is 0.756. The van der Waals surface area contributed by atoms with Crippen LogP contribution in [0.4, 0.5) is 0 Å².